The second-order valence-corrected chi connectivity index (χ2v) is 6.26. The topological polar surface area (TPSA) is 46.5 Å². The third kappa shape index (κ3) is 1.99. The number of carbonyl (C=O) groups is 1. The quantitative estimate of drug-likeness (QED) is 0.864. The number of ether oxygens (including phenoxy) is 1. The first-order valence-electron chi connectivity index (χ1n) is 7.22. The summed E-state index contributed by atoms with van der Waals surface area (Å²) in [4.78, 5) is 11.7. The van der Waals surface area contributed by atoms with Crippen LogP contribution in [-0.4, -0.2) is 18.2 Å². The average molecular weight is 295 g/mol. The summed E-state index contributed by atoms with van der Waals surface area (Å²) in [6.07, 6.45) is 6.75. The lowest BCUT2D eigenvalue weighted by Gasteiger charge is -2.22. The number of methoxy groups -OCH3 is 1. The van der Waals surface area contributed by atoms with Crippen LogP contribution in [0.4, 0.5) is 0 Å². The number of carboxylic acid groups (broad SMARTS) is 1. The van der Waals surface area contributed by atoms with Crippen LogP contribution in [0.25, 0.3) is 0 Å². The number of fused-ring (bicyclic) bond motifs is 1. The highest BCUT2D eigenvalue weighted by Gasteiger charge is 2.55. The third-order valence-corrected chi connectivity index (χ3v) is 4.93. The lowest BCUT2D eigenvalue weighted by Crippen LogP contribution is -2.23. The van der Waals surface area contributed by atoms with Crippen LogP contribution in [0.1, 0.15) is 48.8 Å². The van der Waals surface area contributed by atoms with E-state index in [4.69, 9.17) is 16.3 Å². The SMILES string of the molecule is COc1c(Cl)cc2c(c1C1(C(=O)O)CC1)CCCCC2. The van der Waals surface area contributed by atoms with Crippen LogP contribution < -0.4 is 4.74 Å². The van der Waals surface area contributed by atoms with Crippen LogP contribution >= 0.6 is 11.6 Å². The standard InChI is InChI=1S/C16H19ClO3/c1-20-14-12(17)9-10-5-3-2-4-6-11(10)13(14)16(7-8-16)15(18)19/h9H,2-8H2,1H3,(H,18,19). The maximum absolute atomic E-state index is 11.7. The molecule has 4 heteroatoms. The van der Waals surface area contributed by atoms with Crippen LogP contribution in [0.5, 0.6) is 5.75 Å². The average Bonchev–Trinajstić information content (AvgIpc) is 3.21. The fourth-order valence-corrected chi connectivity index (χ4v) is 3.73. The summed E-state index contributed by atoms with van der Waals surface area (Å²) in [6.45, 7) is 0. The Morgan fingerprint density at radius 3 is 2.60 bits per heavy atom. The van der Waals surface area contributed by atoms with Gasteiger partial charge in [-0.2, -0.15) is 0 Å². The molecule has 1 saturated carbocycles. The predicted molar refractivity (Wildman–Crippen MR) is 77.8 cm³/mol. The number of halogens is 1. The fourth-order valence-electron chi connectivity index (χ4n) is 3.43. The number of aliphatic carboxylic acids is 1. The molecule has 0 unspecified atom stereocenters. The zero-order valence-electron chi connectivity index (χ0n) is 11.7. The molecule has 0 atom stereocenters. The highest BCUT2D eigenvalue weighted by atomic mass is 35.5. The Labute approximate surface area is 123 Å². The van der Waals surface area contributed by atoms with Crippen molar-refractivity contribution in [3.05, 3.63) is 27.8 Å². The van der Waals surface area contributed by atoms with Crippen molar-refractivity contribution in [1.29, 1.82) is 0 Å². The molecule has 1 N–H and O–H groups in total. The first-order chi connectivity index (χ1) is 9.60. The predicted octanol–water partition coefficient (Wildman–Crippen LogP) is 3.73. The van der Waals surface area contributed by atoms with Gasteiger partial charge in [0.2, 0.25) is 0 Å². The summed E-state index contributed by atoms with van der Waals surface area (Å²) in [5, 5.41) is 10.2. The Morgan fingerprint density at radius 1 is 1.30 bits per heavy atom. The Balaban J connectivity index is 2.24. The molecule has 1 aromatic carbocycles. The minimum atomic E-state index is -0.759. The van der Waals surface area contributed by atoms with E-state index in [1.54, 1.807) is 7.11 Å². The van der Waals surface area contributed by atoms with E-state index in [2.05, 4.69) is 0 Å². The van der Waals surface area contributed by atoms with Gasteiger partial charge in [-0.1, -0.05) is 18.0 Å². The Kier molecular flexibility index (Phi) is 3.41. The molecule has 108 valence electrons. The van der Waals surface area contributed by atoms with Gasteiger partial charge in [-0.15, -0.1) is 0 Å². The monoisotopic (exact) mass is 294 g/mol. The van der Waals surface area contributed by atoms with Crippen molar-refractivity contribution in [3.8, 4) is 5.75 Å². The van der Waals surface area contributed by atoms with Gasteiger partial charge in [-0.05, 0) is 55.7 Å². The molecule has 1 aromatic rings. The lowest BCUT2D eigenvalue weighted by molar-refractivity contribution is -0.140. The van der Waals surface area contributed by atoms with Crippen LogP contribution in [0, 0.1) is 0 Å². The molecule has 20 heavy (non-hydrogen) atoms. The number of rotatable bonds is 3. The molecule has 0 aromatic heterocycles. The zero-order valence-corrected chi connectivity index (χ0v) is 12.4. The van der Waals surface area contributed by atoms with Crippen LogP contribution in [0.15, 0.2) is 6.07 Å². The van der Waals surface area contributed by atoms with Gasteiger partial charge in [-0.25, -0.2) is 0 Å². The first-order valence-corrected chi connectivity index (χ1v) is 7.60. The molecule has 1 fully saturated rings. The van der Waals surface area contributed by atoms with E-state index in [1.165, 1.54) is 17.5 Å². The maximum Gasteiger partial charge on any atom is 0.314 e. The van der Waals surface area contributed by atoms with Gasteiger partial charge in [0, 0.05) is 5.56 Å². The van der Waals surface area contributed by atoms with E-state index in [9.17, 15) is 9.90 Å². The van der Waals surface area contributed by atoms with Crippen LogP contribution in [-0.2, 0) is 23.1 Å². The van der Waals surface area contributed by atoms with Gasteiger partial charge in [0.25, 0.3) is 0 Å². The molecule has 0 radical (unpaired) electrons. The van der Waals surface area contributed by atoms with Crippen molar-refractivity contribution >= 4 is 17.6 Å². The van der Waals surface area contributed by atoms with Crippen molar-refractivity contribution in [1.82, 2.24) is 0 Å². The fraction of sp³-hybridized carbons (Fsp3) is 0.562. The zero-order chi connectivity index (χ0) is 14.3. The molecule has 0 aliphatic heterocycles. The van der Waals surface area contributed by atoms with E-state index >= 15 is 0 Å². The Morgan fingerprint density at radius 2 is 2.00 bits per heavy atom. The summed E-state index contributed by atoms with van der Waals surface area (Å²) in [5.41, 5.74) is 2.50. The Hall–Kier alpha value is -1.22. The third-order valence-electron chi connectivity index (χ3n) is 4.65. The van der Waals surface area contributed by atoms with E-state index in [0.29, 0.717) is 23.6 Å². The van der Waals surface area contributed by atoms with Crippen molar-refractivity contribution in [2.45, 2.75) is 50.4 Å². The molecule has 0 amide bonds. The maximum atomic E-state index is 11.7. The van der Waals surface area contributed by atoms with Gasteiger partial charge in [-0.3, -0.25) is 4.79 Å². The van der Waals surface area contributed by atoms with Gasteiger partial charge in [0.15, 0.2) is 0 Å². The number of aryl methyl sites for hydroxylation is 1. The number of hydrogen-bond donors (Lipinski definition) is 1. The van der Waals surface area contributed by atoms with Crippen molar-refractivity contribution < 1.29 is 14.6 Å². The van der Waals surface area contributed by atoms with E-state index in [0.717, 1.165) is 31.2 Å². The molecular formula is C16H19ClO3. The smallest absolute Gasteiger partial charge is 0.314 e. The number of carboxylic acids is 1. The molecular weight excluding hydrogens is 276 g/mol. The first kappa shape index (κ1) is 13.7. The highest BCUT2D eigenvalue weighted by molar-refractivity contribution is 6.32. The Bertz CT molecular complexity index is 561. The second-order valence-electron chi connectivity index (χ2n) is 5.85. The lowest BCUT2D eigenvalue weighted by atomic mass is 9.85. The van der Waals surface area contributed by atoms with Crippen molar-refractivity contribution in [2.75, 3.05) is 7.11 Å². The normalized spacial score (nSPS) is 19.9. The summed E-state index contributed by atoms with van der Waals surface area (Å²) in [7, 11) is 1.58. The molecule has 0 spiro atoms. The van der Waals surface area contributed by atoms with Crippen molar-refractivity contribution in [3.63, 3.8) is 0 Å². The minimum absolute atomic E-state index is 0.552. The molecule has 3 rings (SSSR count). The molecule has 0 saturated heterocycles. The van der Waals surface area contributed by atoms with E-state index < -0.39 is 11.4 Å². The molecule has 0 heterocycles. The van der Waals surface area contributed by atoms with Crippen LogP contribution in [0.2, 0.25) is 5.02 Å². The summed E-state index contributed by atoms with van der Waals surface area (Å²) < 4.78 is 5.46. The van der Waals surface area contributed by atoms with E-state index in [1.807, 2.05) is 6.07 Å². The summed E-state index contributed by atoms with van der Waals surface area (Å²) in [5.74, 6) is -0.170. The molecule has 3 nitrogen and oxygen atoms in total. The number of benzene rings is 1. The highest BCUT2D eigenvalue weighted by Crippen LogP contribution is 2.55. The van der Waals surface area contributed by atoms with Crippen molar-refractivity contribution in [2.24, 2.45) is 0 Å². The second kappa shape index (κ2) is 4.96. The molecule has 2 aliphatic rings. The number of hydrogen-bond acceptors (Lipinski definition) is 2. The minimum Gasteiger partial charge on any atom is -0.495 e. The van der Waals surface area contributed by atoms with Gasteiger partial charge in [0.1, 0.15) is 5.75 Å². The van der Waals surface area contributed by atoms with Gasteiger partial charge >= 0.3 is 5.97 Å². The summed E-state index contributed by atoms with van der Waals surface area (Å²) in [6, 6.07) is 1.97. The van der Waals surface area contributed by atoms with Gasteiger partial charge in [0.05, 0.1) is 17.5 Å². The van der Waals surface area contributed by atoms with Gasteiger partial charge < -0.3 is 9.84 Å². The largest absolute Gasteiger partial charge is 0.495 e. The van der Waals surface area contributed by atoms with E-state index in [-0.39, 0.29) is 0 Å². The molecule has 2 aliphatic carbocycles. The summed E-state index contributed by atoms with van der Waals surface area (Å²) >= 11 is 6.34. The van der Waals surface area contributed by atoms with Crippen LogP contribution in [0.3, 0.4) is 0 Å². The molecule has 0 bridgehead atoms.